The van der Waals surface area contributed by atoms with Crippen LogP contribution in [0.1, 0.15) is 24.8 Å². The molecule has 0 bridgehead atoms. The quantitative estimate of drug-likeness (QED) is 0.758. The van der Waals surface area contributed by atoms with Crippen LogP contribution < -0.4 is 15.2 Å². The third kappa shape index (κ3) is 4.84. The van der Waals surface area contributed by atoms with Gasteiger partial charge < -0.3 is 15.2 Å². The van der Waals surface area contributed by atoms with E-state index in [1.165, 1.54) is 13.2 Å². The maximum atomic E-state index is 12.3. The van der Waals surface area contributed by atoms with Crippen molar-refractivity contribution in [3.05, 3.63) is 23.8 Å². The number of hydrogen-bond acceptors (Lipinski definition) is 4. The van der Waals surface area contributed by atoms with Gasteiger partial charge in [0.05, 0.1) is 7.11 Å². The molecule has 1 aliphatic carbocycles. The number of hydrogen-bond donors (Lipinski definition) is 1. The van der Waals surface area contributed by atoms with Crippen LogP contribution >= 0.6 is 0 Å². The Kier molecular flexibility index (Phi) is 5.54. The van der Waals surface area contributed by atoms with E-state index in [4.69, 9.17) is 10.5 Å². The second-order valence-corrected chi connectivity index (χ2v) is 5.28. The lowest BCUT2D eigenvalue weighted by Gasteiger charge is -2.22. The summed E-state index contributed by atoms with van der Waals surface area (Å²) in [6.45, 7) is -1.68. The number of carbonyl (C=O) groups excluding carboxylic acids is 1. The summed E-state index contributed by atoms with van der Waals surface area (Å²) >= 11 is 0. The SMILES string of the molecule is COc1cc(CN(CCC(N)=O)C2CC2)ccc1OC(F)F. The van der Waals surface area contributed by atoms with E-state index in [0.717, 1.165) is 18.4 Å². The van der Waals surface area contributed by atoms with Crippen LogP contribution in [-0.2, 0) is 11.3 Å². The molecule has 0 spiro atoms. The van der Waals surface area contributed by atoms with Crippen LogP contribution in [0, 0.1) is 0 Å². The molecule has 2 rings (SSSR count). The zero-order valence-electron chi connectivity index (χ0n) is 12.4. The zero-order valence-corrected chi connectivity index (χ0v) is 12.4. The molecule has 0 aliphatic heterocycles. The number of amides is 1. The fourth-order valence-electron chi connectivity index (χ4n) is 2.32. The zero-order chi connectivity index (χ0) is 16.1. The Labute approximate surface area is 128 Å². The maximum absolute atomic E-state index is 12.3. The summed E-state index contributed by atoms with van der Waals surface area (Å²) in [5, 5.41) is 0. The Morgan fingerprint density at radius 3 is 2.68 bits per heavy atom. The largest absolute Gasteiger partial charge is 0.493 e. The number of halogens is 2. The first kappa shape index (κ1) is 16.5. The van der Waals surface area contributed by atoms with E-state index < -0.39 is 6.61 Å². The Morgan fingerprint density at radius 1 is 1.41 bits per heavy atom. The molecule has 0 atom stereocenters. The van der Waals surface area contributed by atoms with Gasteiger partial charge in [-0.1, -0.05) is 6.07 Å². The summed E-state index contributed by atoms with van der Waals surface area (Å²) in [6.07, 6.45) is 2.51. The van der Waals surface area contributed by atoms with Gasteiger partial charge in [0.2, 0.25) is 5.91 Å². The first-order chi connectivity index (χ1) is 10.5. The molecule has 1 fully saturated rings. The Hall–Kier alpha value is -1.89. The molecular formula is C15H20F2N2O3. The molecule has 1 amide bonds. The van der Waals surface area contributed by atoms with E-state index in [9.17, 15) is 13.6 Å². The van der Waals surface area contributed by atoms with Crippen LogP contribution in [0.4, 0.5) is 8.78 Å². The molecule has 0 aromatic heterocycles. The second kappa shape index (κ2) is 7.40. The van der Waals surface area contributed by atoms with Gasteiger partial charge in [-0.3, -0.25) is 9.69 Å². The van der Waals surface area contributed by atoms with Gasteiger partial charge in [-0.15, -0.1) is 0 Å². The molecule has 1 aromatic carbocycles. The van der Waals surface area contributed by atoms with Crippen LogP contribution in [-0.4, -0.2) is 37.1 Å². The number of ether oxygens (including phenoxy) is 2. The van der Waals surface area contributed by atoms with Crippen molar-refractivity contribution in [3.63, 3.8) is 0 Å². The molecule has 0 heterocycles. The Balaban J connectivity index is 2.05. The standard InChI is InChI=1S/C15H20F2N2O3/c1-21-13-8-10(2-5-12(13)22-15(16)17)9-19(11-3-4-11)7-6-14(18)20/h2,5,8,11,15H,3-4,6-7,9H2,1H3,(H2,18,20). The molecule has 1 saturated carbocycles. The van der Waals surface area contributed by atoms with Gasteiger partial charge in [0.1, 0.15) is 0 Å². The molecule has 5 nitrogen and oxygen atoms in total. The van der Waals surface area contributed by atoms with Crippen LogP contribution in [0.25, 0.3) is 0 Å². The average molecular weight is 314 g/mol. The molecule has 1 aliphatic rings. The molecule has 1 aromatic rings. The van der Waals surface area contributed by atoms with Crippen molar-refractivity contribution < 1.29 is 23.0 Å². The first-order valence-corrected chi connectivity index (χ1v) is 7.13. The average Bonchev–Trinajstić information content (AvgIpc) is 3.28. The predicted octanol–water partition coefficient (Wildman–Crippen LogP) is 2.14. The van der Waals surface area contributed by atoms with Crippen molar-refractivity contribution in [3.8, 4) is 11.5 Å². The van der Waals surface area contributed by atoms with Crippen LogP contribution in [0.15, 0.2) is 18.2 Å². The molecule has 0 radical (unpaired) electrons. The Morgan fingerprint density at radius 2 is 2.14 bits per heavy atom. The number of nitrogens with zero attached hydrogens (tertiary/aromatic N) is 1. The van der Waals surface area contributed by atoms with Gasteiger partial charge in [0.25, 0.3) is 0 Å². The van der Waals surface area contributed by atoms with Gasteiger partial charge in [-0.2, -0.15) is 8.78 Å². The molecule has 22 heavy (non-hydrogen) atoms. The summed E-state index contributed by atoms with van der Waals surface area (Å²) in [6, 6.07) is 5.33. The van der Waals surface area contributed by atoms with Crippen molar-refractivity contribution in [2.24, 2.45) is 5.73 Å². The number of alkyl halides is 2. The van der Waals surface area contributed by atoms with E-state index in [0.29, 0.717) is 25.6 Å². The minimum Gasteiger partial charge on any atom is -0.493 e. The van der Waals surface area contributed by atoms with Crippen molar-refractivity contribution in [1.29, 1.82) is 0 Å². The third-order valence-corrected chi connectivity index (χ3v) is 3.54. The highest BCUT2D eigenvalue weighted by Gasteiger charge is 2.29. The summed E-state index contributed by atoms with van der Waals surface area (Å²) < 4.78 is 34.1. The predicted molar refractivity (Wildman–Crippen MR) is 76.9 cm³/mol. The molecule has 122 valence electrons. The van der Waals surface area contributed by atoms with E-state index in [1.807, 2.05) is 0 Å². The summed E-state index contributed by atoms with van der Waals surface area (Å²) in [5.41, 5.74) is 6.11. The lowest BCUT2D eigenvalue weighted by Crippen LogP contribution is -2.29. The second-order valence-electron chi connectivity index (χ2n) is 5.28. The number of nitrogens with two attached hydrogens (primary N) is 1. The van der Waals surface area contributed by atoms with Crippen molar-refractivity contribution in [2.75, 3.05) is 13.7 Å². The van der Waals surface area contributed by atoms with Crippen molar-refractivity contribution in [2.45, 2.75) is 38.5 Å². The van der Waals surface area contributed by atoms with Crippen molar-refractivity contribution >= 4 is 5.91 Å². The van der Waals surface area contributed by atoms with Gasteiger partial charge >= 0.3 is 6.61 Å². The van der Waals surface area contributed by atoms with E-state index in [-0.39, 0.29) is 17.4 Å². The van der Waals surface area contributed by atoms with Crippen LogP contribution in [0.2, 0.25) is 0 Å². The summed E-state index contributed by atoms with van der Waals surface area (Å²) in [7, 11) is 1.41. The fourth-order valence-corrected chi connectivity index (χ4v) is 2.32. The molecule has 0 unspecified atom stereocenters. The smallest absolute Gasteiger partial charge is 0.387 e. The van der Waals surface area contributed by atoms with Gasteiger partial charge in [0, 0.05) is 25.6 Å². The molecular weight excluding hydrogens is 294 g/mol. The molecule has 2 N–H and O–H groups in total. The Bertz CT molecular complexity index is 522. The van der Waals surface area contributed by atoms with E-state index >= 15 is 0 Å². The van der Waals surface area contributed by atoms with E-state index in [2.05, 4.69) is 9.64 Å². The normalized spacial score (nSPS) is 14.4. The van der Waals surface area contributed by atoms with Gasteiger partial charge in [0.15, 0.2) is 11.5 Å². The lowest BCUT2D eigenvalue weighted by molar-refractivity contribution is -0.118. The van der Waals surface area contributed by atoms with Crippen LogP contribution in [0.3, 0.4) is 0 Å². The topological polar surface area (TPSA) is 64.8 Å². The first-order valence-electron chi connectivity index (χ1n) is 7.13. The summed E-state index contributed by atoms with van der Waals surface area (Å²) in [5.74, 6) is -0.0521. The highest BCUT2D eigenvalue weighted by molar-refractivity contribution is 5.73. The number of rotatable bonds is 9. The minimum atomic E-state index is -2.89. The van der Waals surface area contributed by atoms with Gasteiger partial charge in [-0.05, 0) is 30.5 Å². The van der Waals surface area contributed by atoms with Crippen molar-refractivity contribution in [1.82, 2.24) is 4.90 Å². The minimum absolute atomic E-state index is 0.0105. The molecule has 0 saturated heterocycles. The highest BCUT2D eigenvalue weighted by atomic mass is 19.3. The number of primary amides is 1. The highest BCUT2D eigenvalue weighted by Crippen LogP contribution is 2.32. The number of benzene rings is 1. The maximum Gasteiger partial charge on any atom is 0.387 e. The van der Waals surface area contributed by atoms with E-state index in [1.54, 1.807) is 12.1 Å². The van der Waals surface area contributed by atoms with Crippen LogP contribution in [0.5, 0.6) is 11.5 Å². The monoisotopic (exact) mass is 314 g/mol. The summed E-state index contributed by atoms with van der Waals surface area (Å²) in [4.78, 5) is 13.1. The van der Waals surface area contributed by atoms with Gasteiger partial charge in [-0.25, -0.2) is 0 Å². The fraction of sp³-hybridized carbons (Fsp3) is 0.533. The molecule has 7 heteroatoms. The lowest BCUT2D eigenvalue weighted by atomic mass is 10.1. The third-order valence-electron chi connectivity index (χ3n) is 3.54. The number of methoxy groups -OCH3 is 1. The number of carbonyl (C=O) groups is 1.